The van der Waals surface area contributed by atoms with Gasteiger partial charge in [0.1, 0.15) is 18.2 Å². The molecule has 0 aromatic heterocycles. The highest BCUT2D eigenvalue weighted by Gasteiger charge is 2.09. The van der Waals surface area contributed by atoms with Crippen molar-refractivity contribution < 1.29 is 14.7 Å². The van der Waals surface area contributed by atoms with E-state index in [0.717, 1.165) is 11.3 Å². The molecule has 3 N–H and O–H groups in total. The van der Waals surface area contributed by atoms with E-state index in [-0.39, 0.29) is 11.4 Å². The third-order valence-electron chi connectivity index (χ3n) is 2.32. The van der Waals surface area contributed by atoms with Crippen molar-refractivity contribution in [1.82, 2.24) is 0 Å². The smallest absolute Gasteiger partial charge is 0.143 e. The summed E-state index contributed by atoms with van der Waals surface area (Å²) < 4.78 is 11.1. The fourth-order valence-corrected chi connectivity index (χ4v) is 1.46. The van der Waals surface area contributed by atoms with Crippen LogP contribution in [0.3, 0.4) is 0 Å². The SMILES string of the molecule is CC(C)(C)OCCOc1ccc(C/C(N)=N/O)cc1. The molecule has 5 heteroatoms. The Labute approximate surface area is 114 Å². The largest absolute Gasteiger partial charge is 0.491 e. The molecule has 19 heavy (non-hydrogen) atoms. The Balaban J connectivity index is 2.36. The Kier molecular flexibility index (Phi) is 5.63. The van der Waals surface area contributed by atoms with E-state index in [1.54, 1.807) is 0 Å². The molecular weight excluding hydrogens is 244 g/mol. The van der Waals surface area contributed by atoms with Crippen LogP contribution in [0.5, 0.6) is 5.75 Å². The molecule has 0 unspecified atom stereocenters. The maximum Gasteiger partial charge on any atom is 0.143 e. The number of nitrogens with two attached hydrogens (primary N) is 1. The highest BCUT2D eigenvalue weighted by atomic mass is 16.5. The Morgan fingerprint density at radius 1 is 1.21 bits per heavy atom. The molecule has 1 aromatic rings. The topological polar surface area (TPSA) is 77.1 Å². The highest BCUT2D eigenvalue weighted by Crippen LogP contribution is 2.13. The fraction of sp³-hybridized carbons (Fsp3) is 0.500. The first kappa shape index (κ1) is 15.3. The van der Waals surface area contributed by atoms with E-state index in [1.165, 1.54) is 0 Å². The lowest BCUT2D eigenvalue weighted by molar-refractivity contribution is -0.0163. The molecule has 106 valence electrons. The van der Waals surface area contributed by atoms with Crippen molar-refractivity contribution in [2.24, 2.45) is 10.9 Å². The predicted molar refractivity (Wildman–Crippen MR) is 74.8 cm³/mol. The average molecular weight is 266 g/mol. The number of hydrogen-bond acceptors (Lipinski definition) is 4. The predicted octanol–water partition coefficient (Wildman–Crippen LogP) is 2.17. The average Bonchev–Trinajstić information content (AvgIpc) is 2.35. The standard InChI is InChI=1S/C14H22N2O3/c1-14(2,3)19-9-8-18-12-6-4-11(5-7-12)10-13(15)16-17/h4-7,17H,8-10H2,1-3H3,(H2,15,16). The van der Waals surface area contributed by atoms with Crippen molar-refractivity contribution >= 4 is 5.84 Å². The maximum absolute atomic E-state index is 8.48. The number of oxime groups is 1. The number of nitrogens with zero attached hydrogens (tertiary/aromatic N) is 1. The van der Waals surface area contributed by atoms with E-state index >= 15 is 0 Å². The lowest BCUT2D eigenvalue weighted by atomic mass is 10.1. The molecule has 0 atom stereocenters. The first-order chi connectivity index (χ1) is 8.90. The summed E-state index contributed by atoms with van der Waals surface area (Å²) in [5, 5.41) is 11.4. The number of rotatable bonds is 6. The van der Waals surface area contributed by atoms with Crippen molar-refractivity contribution in [3.8, 4) is 5.75 Å². The van der Waals surface area contributed by atoms with Crippen molar-refractivity contribution in [3.05, 3.63) is 29.8 Å². The minimum absolute atomic E-state index is 0.144. The van der Waals surface area contributed by atoms with E-state index in [4.69, 9.17) is 20.4 Å². The zero-order valence-corrected chi connectivity index (χ0v) is 11.7. The van der Waals surface area contributed by atoms with Crippen LogP contribution in [0.4, 0.5) is 0 Å². The highest BCUT2D eigenvalue weighted by molar-refractivity contribution is 5.82. The van der Waals surface area contributed by atoms with Gasteiger partial charge in [0.2, 0.25) is 0 Å². The molecule has 1 rings (SSSR count). The molecule has 0 aliphatic rings. The molecule has 5 nitrogen and oxygen atoms in total. The third kappa shape index (κ3) is 6.67. The molecule has 0 spiro atoms. The van der Waals surface area contributed by atoms with Gasteiger partial charge in [-0.3, -0.25) is 0 Å². The van der Waals surface area contributed by atoms with Crippen LogP contribution < -0.4 is 10.5 Å². The minimum atomic E-state index is -0.144. The van der Waals surface area contributed by atoms with Crippen molar-refractivity contribution in [2.75, 3.05) is 13.2 Å². The second-order valence-electron chi connectivity index (χ2n) is 5.22. The van der Waals surface area contributed by atoms with E-state index in [9.17, 15) is 0 Å². The first-order valence-electron chi connectivity index (χ1n) is 6.23. The van der Waals surface area contributed by atoms with Crippen LogP contribution in [0.2, 0.25) is 0 Å². The van der Waals surface area contributed by atoms with Gasteiger partial charge in [-0.2, -0.15) is 0 Å². The Hall–Kier alpha value is -1.75. The van der Waals surface area contributed by atoms with Gasteiger partial charge in [-0.1, -0.05) is 17.3 Å². The van der Waals surface area contributed by atoms with Crippen LogP contribution in [0.15, 0.2) is 29.4 Å². The zero-order valence-electron chi connectivity index (χ0n) is 11.7. The summed E-state index contributed by atoms with van der Waals surface area (Å²) in [4.78, 5) is 0. The molecule has 0 amide bonds. The summed E-state index contributed by atoms with van der Waals surface area (Å²) in [7, 11) is 0. The van der Waals surface area contributed by atoms with Crippen LogP contribution in [0.25, 0.3) is 0 Å². The first-order valence-corrected chi connectivity index (χ1v) is 6.23. The minimum Gasteiger partial charge on any atom is -0.491 e. The summed E-state index contributed by atoms with van der Waals surface area (Å²) in [5.41, 5.74) is 6.26. The monoisotopic (exact) mass is 266 g/mol. The van der Waals surface area contributed by atoms with Gasteiger partial charge >= 0.3 is 0 Å². The lowest BCUT2D eigenvalue weighted by Gasteiger charge is -2.19. The Morgan fingerprint density at radius 3 is 2.37 bits per heavy atom. The molecule has 0 bridgehead atoms. The van der Waals surface area contributed by atoms with Crippen LogP contribution in [0.1, 0.15) is 26.3 Å². The normalized spacial score (nSPS) is 12.5. The molecule has 0 radical (unpaired) electrons. The van der Waals surface area contributed by atoms with Crippen LogP contribution in [0, 0.1) is 0 Å². The molecule has 0 aliphatic carbocycles. The summed E-state index contributed by atoms with van der Waals surface area (Å²) in [6.07, 6.45) is 0.421. The molecular formula is C14H22N2O3. The molecule has 0 fully saturated rings. The number of hydrogen-bond donors (Lipinski definition) is 2. The van der Waals surface area contributed by atoms with E-state index in [1.807, 2.05) is 45.0 Å². The van der Waals surface area contributed by atoms with Gasteiger partial charge in [-0.05, 0) is 38.5 Å². The van der Waals surface area contributed by atoms with Gasteiger partial charge in [-0.25, -0.2) is 0 Å². The van der Waals surface area contributed by atoms with Gasteiger partial charge in [0.25, 0.3) is 0 Å². The number of ether oxygens (including phenoxy) is 2. The van der Waals surface area contributed by atoms with Gasteiger partial charge in [-0.15, -0.1) is 0 Å². The summed E-state index contributed by atoms with van der Waals surface area (Å²) in [5.74, 6) is 0.966. The van der Waals surface area contributed by atoms with Crippen molar-refractivity contribution in [2.45, 2.75) is 32.8 Å². The Morgan fingerprint density at radius 2 is 1.84 bits per heavy atom. The second kappa shape index (κ2) is 6.99. The maximum atomic E-state index is 8.48. The molecule has 0 saturated carbocycles. The zero-order chi connectivity index (χ0) is 14.3. The molecule has 0 aliphatic heterocycles. The quantitative estimate of drug-likeness (QED) is 0.272. The Bertz CT molecular complexity index is 408. The van der Waals surface area contributed by atoms with Crippen molar-refractivity contribution in [3.63, 3.8) is 0 Å². The van der Waals surface area contributed by atoms with Crippen molar-refractivity contribution in [1.29, 1.82) is 0 Å². The van der Waals surface area contributed by atoms with Crippen LogP contribution >= 0.6 is 0 Å². The number of benzene rings is 1. The molecule has 0 saturated heterocycles. The molecule has 0 heterocycles. The summed E-state index contributed by atoms with van der Waals surface area (Å²) in [6.45, 7) is 7.09. The summed E-state index contributed by atoms with van der Waals surface area (Å²) >= 11 is 0. The van der Waals surface area contributed by atoms with E-state index < -0.39 is 0 Å². The fourth-order valence-electron chi connectivity index (χ4n) is 1.46. The summed E-state index contributed by atoms with van der Waals surface area (Å²) in [6, 6.07) is 7.49. The van der Waals surface area contributed by atoms with Gasteiger partial charge in [0.15, 0.2) is 0 Å². The van der Waals surface area contributed by atoms with Gasteiger partial charge < -0.3 is 20.4 Å². The second-order valence-corrected chi connectivity index (χ2v) is 5.22. The number of amidine groups is 1. The third-order valence-corrected chi connectivity index (χ3v) is 2.32. The molecule has 1 aromatic carbocycles. The van der Waals surface area contributed by atoms with Gasteiger partial charge in [0, 0.05) is 6.42 Å². The van der Waals surface area contributed by atoms with Crippen LogP contribution in [-0.4, -0.2) is 29.9 Å². The lowest BCUT2D eigenvalue weighted by Crippen LogP contribution is -2.22. The van der Waals surface area contributed by atoms with Gasteiger partial charge in [0.05, 0.1) is 12.2 Å². The van der Waals surface area contributed by atoms with Crippen LogP contribution in [-0.2, 0) is 11.2 Å². The van der Waals surface area contributed by atoms with E-state index in [2.05, 4.69) is 5.16 Å². The van der Waals surface area contributed by atoms with E-state index in [0.29, 0.717) is 19.6 Å².